The number of aryl methyl sites for hydroxylation is 3. The van der Waals surface area contributed by atoms with Gasteiger partial charge in [0.15, 0.2) is 5.52 Å². The van der Waals surface area contributed by atoms with Crippen molar-refractivity contribution in [3.8, 4) is 22.4 Å². The van der Waals surface area contributed by atoms with E-state index in [4.69, 9.17) is 10.3 Å². The minimum atomic E-state index is -1.09. The van der Waals surface area contributed by atoms with E-state index in [1.807, 2.05) is 44.2 Å². The maximum Gasteiger partial charge on any atom is 0.281 e. The molecule has 218 valence electrons. The minimum absolute atomic E-state index is 0.111. The molecule has 0 atom stereocenters. The molecule has 0 saturated carbocycles. The second kappa shape index (κ2) is 10.9. The molecule has 0 aliphatic carbocycles. The smallest absolute Gasteiger partial charge is 0.281 e. The molecule has 0 bridgehead atoms. The Labute approximate surface area is 242 Å². The molecule has 4 heterocycles. The van der Waals surface area contributed by atoms with E-state index in [1.54, 1.807) is 17.8 Å². The van der Waals surface area contributed by atoms with Crippen LogP contribution >= 0.6 is 0 Å². The molecule has 1 aliphatic heterocycles. The van der Waals surface area contributed by atoms with Crippen LogP contribution in [0.2, 0.25) is 0 Å². The number of hydrogen-bond donors (Lipinski definition) is 2. The lowest BCUT2D eigenvalue weighted by Crippen LogP contribution is -2.47. The van der Waals surface area contributed by atoms with Crippen molar-refractivity contribution in [3.05, 3.63) is 87.5 Å². The van der Waals surface area contributed by atoms with E-state index < -0.39 is 5.60 Å². The van der Waals surface area contributed by atoms with Crippen molar-refractivity contribution in [3.63, 3.8) is 0 Å². The Hall–Kier alpha value is -4.19. The number of likely N-dealkylation sites (tertiary alicyclic amines) is 1. The number of piperidine rings is 1. The SMILES string of the molecule is Cc1noc(C)c1-c1ccc(CN2CCC(O)(Cn3cnc4c(-c5ccc(CN)cc5)n(C)nc4c3=O)CC2)c(F)c1. The number of aliphatic hydroxyl groups is 1. The van der Waals surface area contributed by atoms with Crippen molar-refractivity contribution in [1.82, 2.24) is 29.4 Å². The number of halogens is 1. The fourth-order valence-electron chi connectivity index (χ4n) is 5.90. The lowest BCUT2D eigenvalue weighted by atomic mass is 9.91. The van der Waals surface area contributed by atoms with Gasteiger partial charge in [-0.1, -0.05) is 41.6 Å². The average Bonchev–Trinajstić information content (AvgIpc) is 3.50. The van der Waals surface area contributed by atoms with E-state index >= 15 is 4.39 Å². The van der Waals surface area contributed by atoms with E-state index in [1.165, 1.54) is 17.0 Å². The maximum absolute atomic E-state index is 15.1. The second-order valence-corrected chi connectivity index (χ2v) is 11.3. The van der Waals surface area contributed by atoms with Gasteiger partial charge in [0, 0.05) is 49.9 Å². The highest BCUT2D eigenvalue weighted by Gasteiger charge is 2.34. The van der Waals surface area contributed by atoms with Gasteiger partial charge in [0.2, 0.25) is 0 Å². The van der Waals surface area contributed by atoms with Crippen LogP contribution in [-0.2, 0) is 26.7 Å². The molecule has 3 aromatic heterocycles. The molecule has 2 aromatic carbocycles. The Kier molecular flexibility index (Phi) is 7.25. The number of nitrogens with two attached hydrogens (primary N) is 1. The Balaban J connectivity index is 1.14. The first-order valence-corrected chi connectivity index (χ1v) is 14.0. The van der Waals surface area contributed by atoms with Crippen LogP contribution < -0.4 is 11.3 Å². The van der Waals surface area contributed by atoms with Gasteiger partial charge in [-0.25, -0.2) is 9.37 Å². The van der Waals surface area contributed by atoms with Gasteiger partial charge in [-0.15, -0.1) is 0 Å². The lowest BCUT2D eigenvalue weighted by Gasteiger charge is -2.38. The van der Waals surface area contributed by atoms with Crippen LogP contribution in [0.1, 0.15) is 35.4 Å². The van der Waals surface area contributed by atoms with Crippen LogP contribution in [0.3, 0.4) is 0 Å². The van der Waals surface area contributed by atoms with E-state index in [9.17, 15) is 9.90 Å². The summed E-state index contributed by atoms with van der Waals surface area (Å²) in [5, 5.41) is 19.8. The van der Waals surface area contributed by atoms with Crippen LogP contribution in [0.25, 0.3) is 33.4 Å². The fraction of sp³-hybridized carbons (Fsp3) is 0.355. The summed E-state index contributed by atoms with van der Waals surface area (Å²) in [7, 11) is 1.79. The monoisotopic (exact) mass is 571 g/mol. The average molecular weight is 572 g/mol. The molecule has 11 heteroatoms. The zero-order chi connectivity index (χ0) is 29.6. The van der Waals surface area contributed by atoms with E-state index in [-0.39, 0.29) is 23.4 Å². The van der Waals surface area contributed by atoms with Gasteiger partial charge in [0.1, 0.15) is 17.1 Å². The number of rotatable bonds is 7. The zero-order valence-electron chi connectivity index (χ0n) is 24.0. The minimum Gasteiger partial charge on any atom is -0.388 e. The van der Waals surface area contributed by atoms with Crippen molar-refractivity contribution in [2.24, 2.45) is 12.8 Å². The maximum atomic E-state index is 15.1. The molecule has 1 saturated heterocycles. The third-order valence-corrected chi connectivity index (χ3v) is 8.30. The molecular weight excluding hydrogens is 537 g/mol. The van der Waals surface area contributed by atoms with Crippen LogP contribution in [-0.4, -0.2) is 53.2 Å². The van der Waals surface area contributed by atoms with Crippen LogP contribution in [0.15, 0.2) is 58.1 Å². The first-order chi connectivity index (χ1) is 20.2. The van der Waals surface area contributed by atoms with Gasteiger partial charge in [0.25, 0.3) is 5.56 Å². The number of nitrogens with zero attached hydrogens (tertiary/aromatic N) is 6. The van der Waals surface area contributed by atoms with Crippen LogP contribution in [0.5, 0.6) is 0 Å². The molecule has 0 amide bonds. The van der Waals surface area contributed by atoms with Crippen LogP contribution in [0, 0.1) is 19.7 Å². The molecule has 5 aromatic rings. The van der Waals surface area contributed by atoms with Gasteiger partial charge in [0.05, 0.1) is 29.9 Å². The second-order valence-electron chi connectivity index (χ2n) is 11.3. The van der Waals surface area contributed by atoms with Crippen LogP contribution in [0.4, 0.5) is 4.39 Å². The molecule has 1 fully saturated rings. The molecular formula is C31H34FN7O3. The van der Waals surface area contributed by atoms with E-state index in [2.05, 4.69) is 20.1 Å². The summed E-state index contributed by atoms with van der Waals surface area (Å²) in [4.78, 5) is 20.1. The number of fused-ring (bicyclic) bond motifs is 1. The Bertz CT molecular complexity index is 1800. The molecule has 0 unspecified atom stereocenters. The summed E-state index contributed by atoms with van der Waals surface area (Å²) < 4.78 is 23.4. The molecule has 0 radical (unpaired) electrons. The first kappa shape index (κ1) is 28.0. The fourth-order valence-corrected chi connectivity index (χ4v) is 5.90. The van der Waals surface area contributed by atoms with Crippen molar-refractivity contribution < 1.29 is 14.0 Å². The van der Waals surface area contributed by atoms with Gasteiger partial charge in [-0.05, 0) is 43.9 Å². The predicted octanol–water partition coefficient (Wildman–Crippen LogP) is 3.69. The van der Waals surface area contributed by atoms with Gasteiger partial charge in [-0.2, -0.15) is 5.10 Å². The molecule has 10 nitrogen and oxygen atoms in total. The highest BCUT2D eigenvalue weighted by Crippen LogP contribution is 2.30. The normalized spacial score (nSPS) is 15.5. The third kappa shape index (κ3) is 5.15. The first-order valence-electron chi connectivity index (χ1n) is 14.0. The van der Waals surface area contributed by atoms with Crippen molar-refractivity contribution >= 4 is 11.0 Å². The van der Waals surface area contributed by atoms with E-state index in [0.717, 1.165) is 33.6 Å². The summed E-state index contributed by atoms with van der Waals surface area (Å²) in [6, 6.07) is 13.0. The quantitative estimate of drug-likeness (QED) is 0.303. The lowest BCUT2D eigenvalue weighted by molar-refractivity contribution is -0.0366. The number of aromatic nitrogens is 5. The Morgan fingerprint density at radius 3 is 2.43 bits per heavy atom. The predicted molar refractivity (Wildman–Crippen MR) is 157 cm³/mol. The molecule has 1 aliphatic rings. The topological polar surface area (TPSA) is 128 Å². The van der Waals surface area contributed by atoms with Gasteiger partial charge in [-0.3, -0.25) is 18.9 Å². The molecule has 3 N–H and O–H groups in total. The summed E-state index contributed by atoms with van der Waals surface area (Å²) in [5.41, 5.74) is 10.6. The Morgan fingerprint density at radius 1 is 1.07 bits per heavy atom. The highest BCUT2D eigenvalue weighted by molar-refractivity contribution is 5.89. The van der Waals surface area contributed by atoms with E-state index in [0.29, 0.717) is 55.9 Å². The molecule has 42 heavy (non-hydrogen) atoms. The van der Waals surface area contributed by atoms with Gasteiger partial charge >= 0.3 is 0 Å². The summed E-state index contributed by atoms with van der Waals surface area (Å²) in [6.45, 7) is 5.78. The number of hydrogen-bond acceptors (Lipinski definition) is 8. The van der Waals surface area contributed by atoms with Crippen molar-refractivity contribution in [2.45, 2.75) is 51.9 Å². The standard InChI is InChI=1S/C31H34FN7O3/c1-19-26(20(2)42-36-19)23-8-9-24(25(32)14-23)16-38-12-10-31(41,11-13-38)17-39-18-34-27-28(30(39)40)35-37(3)29(27)22-6-4-21(15-33)5-7-22/h4-9,14,18,41H,10-13,15-17,33H2,1-3H3. The van der Waals surface area contributed by atoms with Crippen molar-refractivity contribution in [2.75, 3.05) is 13.1 Å². The number of benzene rings is 2. The summed E-state index contributed by atoms with van der Waals surface area (Å²) in [6.07, 6.45) is 2.37. The largest absolute Gasteiger partial charge is 0.388 e. The third-order valence-electron chi connectivity index (χ3n) is 8.30. The summed E-state index contributed by atoms with van der Waals surface area (Å²) in [5.74, 6) is 0.369. The zero-order valence-corrected chi connectivity index (χ0v) is 24.0. The Morgan fingerprint density at radius 2 is 1.79 bits per heavy atom. The summed E-state index contributed by atoms with van der Waals surface area (Å²) >= 11 is 0. The van der Waals surface area contributed by atoms with Gasteiger partial charge < -0.3 is 15.4 Å². The molecule has 0 spiro atoms. The molecule has 6 rings (SSSR count). The highest BCUT2D eigenvalue weighted by atomic mass is 19.1. The van der Waals surface area contributed by atoms with Crippen molar-refractivity contribution in [1.29, 1.82) is 0 Å².